The molecular weight excluding hydrogens is 238 g/mol. The molecule has 0 bridgehead atoms. The molecule has 1 atom stereocenters. The van der Waals surface area contributed by atoms with Gasteiger partial charge >= 0.3 is 5.97 Å². The second kappa shape index (κ2) is 5.24. The van der Waals surface area contributed by atoms with Crippen LogP contribution in [-0.4, -0.2) is 23.2 Å². The van der Waals surface area contributed by atoms with Crippen LogP contribution in [0.4, 0.5) is 5.69 Å². The summed E-state index contributed by atoms with van der Waals surface area (Å²) in [4.78, 5) is 13.4. The highest BCUT2D eigenvalue weighted by atomic mass is 16.4. The molecule has 3 heteroatoms. The molecule has 1 N–H and O–H groups in total. The Hall–Kier alpha value is -1.51. The fourth-order valence-electron chi connectivity index (χ4n) is 3.21. The number of carboxylic acids is 1. The zero-order valence-corrected chi connectivity index (χ0v) is 12.0. The second-order valence-electron chi connectivity index (χ2n) is 5.87. The van der Waals surface area contributed by atoms with Gasteiger partial charge in [0.15, 0.2) is 0 Å². The van der Waals surface area contributed by atoms with Gasteiger partial charge in [-0.15, -0.1) is 0 Å². The molecule has 1 saturated heterocycles. The van der Waals surface area contributed by atoms with Gasteiger partial charge in [-0.1, -0.05) is 25.1 Å². The number of aryl methyl sites for hydroxylation is 1. The van der Waals surface area contributed by atoms with Gasteiger partial charge < -0.3 is 10.0 Å². The number of hydrogen-bond donors (Lipinski definition) is 1. The molecule has 1 aliphatic heterocycles. The third-order valence-electron chi connectivity index (χ3n) is 4.48. The van der Waals surface area contributed by atoms with Gasteiger partial charge in [-0.2, -0.15) is 0 Å². The minimum Gasteiger partial charge on any atom is -0.481 e. The number of aliphatic carboxylic acids is 1. The van der Waals surface area contributed by atoms with Crippen molar-refractivity contribution in [2.24, 2.45) is 5.92 Å². The molecule has 0 amide bonds. The van der Waals surface area contributed by atoms with E-state index in [-0.39, 0.29) is 17.9 Å². The van der Waals surface area contributed by atoms with Gasteiger partial charge in [0.05, 0.1) is 6.42 Å². The van der Waals surface area contributed by atoms with E-state index in [0.717, 1.165) is 19.4 Å². The van der Waals surface area contributed by atoms with Crippen molar-refractivity contribution in [2.45, 2.75) is 45.6 Å². The Bertz CT molecular complexity index is 468. The van der Waals surface area contributed by atoms with E-state index in [9.17, 15) is 4.79 Å². The molecular formula is C16H23NO2. The predicted octanol–water partition coefficient (Wildman–Crippen LogP) is 3.33. The molecule has 1 fully saturated rings. The number of carbonyl (C=O) groups is 1. The number of carboxylic acid groups (broad SMARTS) is 1. The zero-order valence-electron chi connectivity index (χ0n) is 12.0. The molecule has 2 rings (SSSR count). The van der Waals surface area contributed by atoms with Gasteiger partial charge in [0.25, 0.3) is 0 Å². The molecule has 0 spiro atoms. The van der Waals surface area contributed by atoms with Gasteiger partial charge in [0.1, 0.15) is 0 Å². The molecule has 1 aromatic carbocycles. The Kier molecular flexibility index (Phi) is 3.83. The van der Waals surface area contributed by atoms with Crippen LogP contribution in [0.5, 0.6) is 0 Å². The van der Waals surface area contributed by atoms with Crippen molar-refractivity contribution in [2.75, 3.05) is 11.4 Å². The first kappa shape index (κ1) is 13.9. The first-order valence-corrected chi connectivity index (χ1v) is 7.04. The average molecular weight is 261 g/mol. The Morgan fingerprint density at radius 2 is 2.11 bits per heavy atom. The van der Waals surface area contributed by atoms with Gasteiger partial charge in [-0.25, -0.2) is 0 Å². The minimum absolute atomic E-state index is 0.0936. The first-order valence-electron chi connectivity index (χ1n) is 7.04. The molecule has 3 nitrogen and oxygen atoms in total. The van der Waals surface area contributed by atoms with E-state index in [1.54, 1.807) is 0 Å². The predicted molar refractivity (Wildman–Crippen MR) is 77.6 cm³/mol. The van der Waals surface area contributed by atoms with Gasteiger partial charge in [0, 0.05) is 17.8 Å². The summed E-state index contributed by atoms with van der Waals surface area (Å²) in [6.45, 7) is 7.44. The van der Waals surface area contributed by atoms with Crippen molar-refractivity contribution in [3.63, 3.8) is 0 Å². The van der Waals surface area contributed by atoms with Crippen LogP contribution in [0.2, 0.25) is 0 Å². The summed E-state index contributed by atoms with van der Waals surface area (Å²) in [6.07, 6.45) is 2.22. The molecule has 1 aliphatic rings. The highest BCUT2D eigenvalue weighted by Crippen LogP contribution is 2.41. The van der Waals surface area contributed by atoms with E-state index in [2.05, 4.69) is 49.9 Å². The number of hydrogen-bond acceptors (Lipinski definition) is 2. The molecule has 1 heterocycles. The quantitative estimate of drug-likeness (QED) is 0.903. The molecule has 19 heavy (non-hydrogen) atoms. The number of benzene rings is 1. The second-order valence-corrected chi connectivity index (χ2v) is 5.87. The van der Waals surface area contributed by atoms with E-state index in [1.807, 2.05) is 0 Å². The van der Waals surface area contributed by atoms with Gasteiger partial charge in [0.2, 0.25) is 0 Å². The highest BCUT2D eigenvalue weighted by molar-refractivity contribution is 5.68. The summed E-state index contributed by atoms with van der Waals surface area (Å²) in [5.41, 5.74) is 2.51. The van der Waals surface area contributed by atoms with Crippen molar-refractivity contribution < 1.29 is 9.90 Å². The van der Waals surface area contributed by atoms with Gasteiger partial charge in [-0.3, -0.25) is 4.79 Å². The lowest BCUT2D eigenvalue weighted by Crippen LogP contribution is -2.43. The lowest BCUT2D eigenvalue weighted by atomic mass is 9.85. The van der Waals surface area contributed by atoms with Crippen LogP contribution in [0.25, 0.3) is 0 Å². The monoisotopic (exact) mass is 261 g/mol. The summed E-state index contributed by atoms with van der Waals surface area (Å²) in [6, 6.07) is 8.45. The third kappa shape index (κ3) is 2.60. The van der Waals surface area contributed by atoms with Crippen LogP contribution >= 0.6 is 0 Å². The summed E-state index contributed by atoms with van der Waals surface area (Å²) in [5, 5.41) is 9.05. The summed E-state index contributed by atoms with van der Waals surface area (Å²) in [7, 11) is 0. The first-order chi connectivity index (χ1) is 8.96. The largest absolute Gasteiger partial charge is 0.481 e. The van der Waals surface area contributed by atoms with Crippen LogP contribution in [0, 0.1) is 5.92 Å². The molecule has 1 unspecified atom stereocenters. The van der Waals surface area contributed by atoms with E-state index in [1.165, 1.54) is 11.3 Å². The summed E-state index contributed by atoms with van der Waals surface area (Å²) >= 11 is 0. The fraction of sp³-hybridized carbons (Fsp3) is 0.562. The van der Waals surface area contributed by atoms with E-state index >= 15 is 0 Å². The van der Waals surface area contributed by atoms with E-state index in [4.69, 9.17) is 5.11 Å². The molecule has 0 aromatic heterocycles. The molecule has 0 radical (unpaired) electrons. The lowest BCUT2D eigenvalue weighted by molar-refractivity contribution is -0.138. The highest BCUT2D eigenvalue weighted by Gasteiger charge is 2.42. The molecule has 0 saturated carbocycles. The van der Waals surface area contributed by atoms with Crippen LogP contribution in [0.15, 0.2) is 24.3 Å². The standard InChI is InChI=1S/C16H23NO2/c1-4-12-7-5-6-8-14(12)17-10-9-13(11-15(18)19)16(17,2)3/h5-8,13H,4,9-11H2,1-3H3,(H,18,19). The normalized spacial score (nSPS) is 21.6. The van der Waals surface area contributed by atoms with Gasteiger partial charge in [-0.05, 0) is 44.2 Å². The van der Waals surface area contributed by atoms with E-state index < -0.39 is 5.97 Å². The van der Waals surface area contributed by atoms with Crippen LogP contribution in [0.1, 0.15) is 39.2 Å². The van der Waals surface area contributed by atoms with Crippen molar-refractivity contribution in [3.05, 3.63) is 29.8 Å². The van der Waals surface area contributed by atoms with Crippen molar-refractivity contribution in [1.82, 2.24) is 0 Å². The smallest absolute Gasteiger partial charge is 0.303 e. The minimum atomic E-state index is -0.691. The Morgan fingerprint density at radius 1 is 1.42 bits per heavy atom. The molecule has 0 aliphatic carbocycles. The maximum absolute atomic E-state index is 11.0. The Morgan fingerprint density at radius 3 is 2.74 bits per heavy atom. The number of nitrogens with zero attached hydrogens (tertiary/aromatic N) is 1. The number of anilines is 1. The zero-order chi connectivity index (χ0) is 14.0. The van der Waals surface area contributed by atoms with Crippen molar-refractivity contribution in [1.29, 1.82) is 0 Å². The maximum atomic E-state index is 11.0. The number of rotatable bonds is 4. The van der Waals surface area contributed by atoms with Crippen molar-refractivity contribution >= 4 is 11.7 Å². The van der Waals surface area contributed by atoms with Crippen LogP contribution < -0.4 is 4.90 Å². The molecule has 104 valence electrons. The SMILES string of the molecule is CCc1ccccc1N1CCC(CC(=O)O)C1(C)C. The van der Waals surface area contributed by atoms with Crippen LogP contribution in [-0.2, 0) is 11.2 Å². The summed E-state index contributed by atoms with van der Waals surface area (Å²) in [5.74, 6) is -0.474. The average Bonchev–Trinajstić information content (AvgIpc) is 2.64. The third-order valence-corrected chi connectivity index (χ3v) is 4.48. The Balaban J connectivity index is 2.29. The molecule has 1 aromatic rings. The maximum Gasteiger partial charge on any atom is 0.303 e. The fourth-order valence-corrected chi connectivity index (χ4v) is 3.21. The van der Waals surface area contributed by atoms with Crippen molar-refractivity contribution in [3.8, 4) is 0 Å². The van der Waals surface area contributed by atoms with E-state index in [0.29, 0.717) is 0 Å². The Labute approximate surface area is 115 Å². The number of para-hydroxylation sites is 1. The lowest BCUT2D eigenvalue weighted by Gasteiger charge is -2.38. The summed E-state index contributed by atoms with van der Waals surface area (Å²) < 4.78 is 0. The topological polar surface area (TPSA) is 40.5 Å². The van der Waals surface area contributed by atoms with Crippen LogP contribution in [0.3, 0.4) is 0 Å².